The minimum absolute atomic E-state index is 0.0978. The van der Waals surface area contributed by atoms with Crippen molar-refractivity contribution in [3.05, 3.63) is 35.9 Å². The Morgan fingerprint density at radius 3 is 2.52 bits per heavy atom. The number of benzene rings is 1. The van der Waals surface area contributed by atoms with Crippen LogP contribution in [0.5, 0.6) is 0 Å². The normalized spacial score (nSPS) is 13.1. The lowest BCUT2D eigenvalue weighted by Gasteiger charge is -2.22. The van der Waals surface area contributed by atoms with Crippen LogP contribution in [0.4, 0.5) is 4.79 Å². The second kappa shape index (κ2) is 8.26. The minimum Gasteiger partial charge on any atom is -0.466 e. The number of hydrogen-bond acceptors (Lipinski definition) is 5. The van der Waals surface area contributed by atoms with Crippen LogP contribution >= 0.6 is 0 Å². The fourth-order valence-electron chi connectivity index (χ4n) is 1.62. The topological polar surface area (TPSA) is 84.9 Å². The van der Waals surface area contributed by atoms with Crippen molar-refractivity contribution in [2.75, 3.05) is 13.2 Å². The minimum atomic E-state index is -1.38. The maximum Gasteiger partial charge on any atom is 0.407 e. The zero-order valence-corrected chi connectivity index (χ0v) is 12.3. The molecule has 1 aromatic carbocycles. The van der Waals surface area contributed by atoms with E-state index in [0.717, 1.165) is 5.56 Å². The molecule has 0 saturated carbocycles. The summed E-state index contributed by atoms with van der Waals surface area (Å²) in [6.07, 6.45) is -0.845. The van der Waals surface area contributed by atoms with Gasteiger partial charge in [-0.2, -0.15) is 0 Å². The largest absolute Gasteiger partial charge is 0.466 e. The molecule has 0 aromatic heterocycles. The molecule has 0 spiro atoms. The molecule has 21 heavy (non-hydrogen) atoms. The van der Waals surface area contributed by atoms with E-state index < -0.39 is 17.7 Å². The number of ether oxygens (including phenoxy) is 2. The number of hydrogen-bond donors (Lipinski definition) is 2. The first kappa shape index (κ1) is 17.0. The van der Waals surface area contributed by atoms with Crippen molar-refractivity contribution in [1.82, 2.24) is 5.32 Å². The van der Waals surface area contributed by atoms with Crippen molar-refractivity contribution in [2.24, 2.45) is 0 Å². The molecule has 6 nitrogen and oxygen atoms in total. The Balaban J connectivity index is 2.30. The molecule has 0 aliphatic rings. The number of rotatable bonds is 7. The molecule has 0 bridgehead atoms. The molecule has 0 saturated heterocycles. The highest BCUT2D eigenvalue weighted by atomic mass is 16.5. The summed E-state index contributed by atoms with van der Waals surface area (Å²) in [5, 5.41) is 12.4. The number of esters is 1. The summed E-state index contributed by atoms with van der Waals surface area (Å²) in [5.74, 6) is -0.512. The zero-order chi connectivity index (χ0) is 15.7. The molecule has 0 fully saturated rings. The third-order valence-corrected chi connectivity index (χ3v) is 2.66. The molecule has 0 radical (unpaired) electrons. The summed E-state index contributed by atoms with van der Waals surface area (Å²) in [5.41, 5.74) is -0.510. The van der Waals surface area contributed by atoms with E-state index in [9.17, 15) is 14.7 Å². The molecule has 0 heterocycles. The highest BCUT2D eigenvalue weighted by Gasteiger charge is 2.26. The molecule has 116 valence electrons. The fourth-order valence-corrected chi connectivity index (χ4v) is 1.62. The van der Waals surface area contributed by atoms with E-state index in [-0.39, 0.29) is 26.2 Å². The van der Waals surface area contributed by atoms with Gasteiger partial charge in [0.15, 0.2) is 0 Å². The van der Waals surface area contributed by atoms with E-state index in [1.165, 1.54) is 6.92 Å². The smallest absolute Gasteiger partial charge is 0.407 e. The second-order valence-electron chi connectivity index (χ2n) is 4.89. The SMILES string of the molecule is CCOC(=O)CC(C)(O)CNC(=O)OCc1ccccc1. The van der Waals surface area contributed by atoms with Gasteiger partial charge < -0.3 is 19.9 Å². The Morgan fingerprint density at radius 1 is 1.24 bits per heavy atom. The quantitative estimate of drug-likeness (QED) is 0.747. The van der Waals surface area contributed by atoms with E-state index in [2.05, 4.69) is 5.32 Å². The molecule has 1 rings (SSSR count). The summed E-state index contributed by atoms with van der Waals surface area (Å²) in [7, 11) is 0. The molecule has 2 N–H and O–H groups in total. The summed E-state index contributed by atoms with van der Waals surface area (Å²) in [4.78, 5) is 22.8. The van der Waals surface area contributed by atoms with Crippen LogP contribution in [0.3, 0.4) is 0 Å². The molecule has 6 heteroatoms. The average Bonchev–Trinajstić information content (AvgIpc) is 2.44. The van der Waals surface area contributed by atoms with Crippen molar-refractivity contribution in [1.29, 1.82) is 0 Å². The lowest BCUT2D eigenvalue weighted by Crippen LogP contribution is -2.42. The van der Waals surface area contributed by atoms with Gasteiger partial charge in [-0.15, -0.1) is 0 Å². The Labute approximate surface area is 124 Å². The molecular formula is C15H21NO5. The summed E-state index contributed by atoms with van der Waals surface area (Å²) in [6, 6.07) is 9.24. The van der Waals surface area contributed by atoms with Crippen molar-refractivity contribution in [3.8, 4) is 0 Å². The van der Waals surface area contributed by atoms with Crippen LogP contribution in [0.25, 0.3) is 0 Å². The monoisotopic (exact) mass is 295 g/mol. The predicted molar refractivity (Wildman–Crippen MR) is 76.5 cm³/mol. The third-order valence-electron chi connectivity index (χ3n) is 2.66. The van der Waals surface area contributed by atoms with Gasteiger partial charge in [-0.3, -0.25) is 4.79 Å². The maximum atomic E-state index is 11.5. The van der Waals surface area contributed by atoms with E-state index in [0.29, 0.717) is 0 Å². The third kappa shape index (κ3) is 7.31. The van der Waals surface area contributed by atoms with E-state index in [1.54, 1.807) is 6.92 Å². The molecule has 1 unspecified atom stereocenters. The van der Waals surface area contributed by atoms with Gasteiger partial charge in [-0.1, -0.05) is 30.3 Å². The van der Waals surface area contributed by atoms with Gasteiger partial charge in [0.1, 0.15) is 6.61 Å². The Hall–Kier alpha value is -2.08. The molecule has 0 aliphatic heterocycles. The fraction of sp³-hybridized carbons (Fsp3) is 0.467. The van der Waals surface area contributed by atoms with Gasteiger partial charge in [0.05, 0.1) is 18.6 Å². The van der Waals surface area contributed by atoms with Crippen LogP contribution < -0.4 is 5.32 Å². The standard InChI is InChI=1S/C15H21NO5/c1-3-20-13(17)9-15(2,19)11-16-14(18)21-10-12-7-5-4-6-8-12/h4-8,19H,3,9-11H2,1-2H3,(H,16,18). The number of carbonyl (C=O) groups is 2. The number of amides is 1. The van der Waals surface area contributed by atoms with E-state index in [4.69, 9.17) is 9.47 Å². The maximum absolute atomic E-state index is 11.5. The van der Waals surface area contributed by atoms with E-state index in [1.807, 2.05) is 30.3 Å². The van der Waals surface area contributed by atoms with Crippen LogP contribution in [-0.4, -0.2) is 35.9 Å². The highest BCUT2D eigenvalue weighted by Crippen LogP contribution is 2.09. The van der Waals surface area contributed by atoms with Crippen molar-refractivity contribution >= 4 is 12.1 Å². The Kier molecular flexibility index (Phi) is 6.68. The molecular weight excluding hydrogens is 274 g/mol. The van der Waals surface area contributed by atoms with Crippen LogP contribution in [0.2, 0.25) is 0 Å². The second-order valence-corrected chi connectivity index (χ2v) is 4.89. The Bertz CT molecular complexity index is 458. The van der Waals surface area contributed by atoms with Crippen molar-refractivity contribution in [3.63, 3.8) is 0 Å². The Morgan fingerprint density at radius 2 is 1.90 bits per heavy atom. The van der Waals surface area contributed by atoms with Crippen LogP contribution in [-0.2, 0) is 20.9 Å². The van der Waals surface area contributed by atoms with Gasteiger partial charge >= 0.3 is 12.1 Å². The first-order valence-corrected chi connectivity index (χ1v) is 6.75. The first-order chi connectivity index (χ1) is 9.93. The summed E-state index contributed by atoms with van der Waals surface area (Å²) < 4.78 is 9.75. The number of alkyl carbamates (subject to hydrolysis) is 1. The predicted octanol–water partition coefficient (Wildman–Crippen LogP) is 1.62. The molecule has 1 amide bonds. The molecule has 1 aromatic rings. The van der Waals surface area contributed by atoms with Crippen molar-refractivity contribution in [2.45, 2.75) is 32.5 Å². The number of nitrogens with one attached hydrogen (secondary N) is 1. The highest BCUT2D eigenvalue weighted by molar-refractivity contribution is 5.71. The van der Waals surface area contributed by atoms with Crippen LogP contribution in [0, 0.1) is 0 Å². The lowest BCUT2D eigenvalue weighted by molar-refractivity contribution is -0.147. The zero-order valence-electron chi connectivity index (χ0n) is 12.3. The van der Waals surface area contributed by atoms with Crippen LogP contribution in [0.15, 0.2) is 30.3 Å². The summed E-state index contributed by atoms with van der Waals surface area (Å²) in [6.45, 7) is 3.43. The molecule has 1 atom stereocenters. The van der Waals surface area contributed by atoms with Crippen molar-refractivity contribution < 1.29 is 24.2 Å². The van der Waals surface area contributed by atoms with Gasteiger partial charge in [-0.05, 0) is 19.4 Å². The number of carbonyl (C=O) groups excluding carboxylic acids is 2. The lowest BCUT2D eigenvalue weighted by atomic mass is 10.0. The van der Waals surface area contributed by atoms with Gasteiger partial charge in [0, 0.05) is 6.54 Å². The number of aliphatic hydroxyl groups is 1. The van der Waals surface area contributed by atoms with Gasteiger partial charge in [0.25, 0.3) is 0 Å². The molecule has 0 aliphatic carbocycles. The average molecular weight is 295 g/mol. The summed E-state index contributed by atoms with van der Waals surface area (Å²) >= 11 is 0. The van der Waals surface area contributed by atoms with Gasteiger partial charge in [-0.25, -0.2) is 4.79 Å². The van der Waals surface area contributed by atoms with E-state index >= 15 is 0 Å². The first-order valence-electron chi connectivity index (χ1n) is 6.75. The van der Waals surface area contributed by atoms with Gasteiger partial charge in [0.2, 0.25) is 0 Å². The van der Waals surface area contributed by atoms with Crippen LogP contribution in [0.1, 0.15) is 25.8 Å².